The highest BCUT2D eigenvalue weighted by atomic mass is 16.5. The summed E-state index contributed by atoms with van der Waals surface area (Å²) in [5.41, 5.74) is 0.873. The van der Waals surface area contributed by atoms with Gasteiger partial charge in [0, 0.05) is 30.6 Å². The Bertz CT molecular complexity index is 590. The van der Waals surface area contributed by atoms with E-state index in [0.717, 1.165) is 69.8 Å². The molecule has 0 spiro atoms. The lowest BCUT2D eigenvalue weighted by Gasteiger charge is -2.39. The third kappa shape index (κ3) is 4.12. The number of amides is 1. The fourth-order valence-corrected chi connectivity index (χ4v) is 3.56. The van der Waals surface area contributed by atoms with Crippen molar-refractivity contribution in [2.24, 2.45) is 5.41 Å². The first-order chi connectivity index (χ1) is 12.2. The van der Waals surface area contributed by atoms with Crippen molar-refractivity contribution < 1.29 is 14.3 Å². The summed E-state index contributed by atoms with van der Waals surface area (Å²) >= 11 is 0. The maximum absolute atomic E-state index is 12.7. The van der Waals surface area contributed by atoms with E-state index in [-0.39, 0.29) is 11.3 Å². The average molecular weight is 347 g/mol. The van der Waals surface area contributed by atoms with Crippen molar-refractivity contribution in [1.82, 2.24) is 9.88 Å². The third-order valence-corrected chi connectivity index (χ3v) is 5.46. The summed E-state index contributed by atoms with van der Waals surface area (Å²) in [4.78, 5) is 19.4. The molecule has 1 saturated heterocycles. The van der Waals surface area contributed by atoms with E-state index in [9.17, 15) is 4.79 Å². The summed E-state index contributed by atoms with van der Waals surface area (Å²) in [6.07, 6.45) is 5.71. The van der Waals surface area contributed by atoms with Crippen LogP contribution in [-0.2, 0) is 16.1 Å². The fourth-order valence-electron chi connectivity index (χ4n) is 3.56. The average Bonchev–Trinajstić information content (AvgIpc) is 2.58. The molecule has 1 amide bonds. The van der Waals surface area contributed by atoms with Crippen molar-refractivity contribution in [2.45, 2.75) is 46.1 Å². The predicted octanol–water partition coefficient (Wildman–Crippen LogP) is 2.83. The molecule has 2 aliphatic rings. The number of aromatic nitrogens is 1. The maximum Gasteiger partial charge on any atom is 0.231 e. The zero-order valence-corrected chi connectivity index (χ0v) is 15.3. The van der Waals surface area contributed by atoms with Crippen molar-refractivity contribution in [3.8, 4) is 5.75 Å². The molecule has 2 fully saturated rings. The Kier molecular flexibility index (Phi) is 5.91. The molecular weight excluding hydrogens is 318 g/mol. The summed E-state index contributed by atoms with van der Waals surface area (Å²) in [7, 11) is 0. The minimum atomic E-state index is -0.190. The van der Waals surface area contributed by atoms with Crippen molar-refractivity contribution in [1.29, 1.82) is 0 Å². The lowest BCUT2D eigenvalue weighted by Crippen LogP contribution is -2.41. The topological polar surface area (TPSA) is 63.7 Å². The van der Waals surface area contributed by atoms with Crippen LogP contribution in [0.15, 0.2) is 12.3 Å². The van der Waals surface area contributed by atoms with E-state index < -0.39 is 0 Å². The Morgan fingerprint density at radius 2 is 2.12 bits per heavy atom. The van der Waals surface area contributed by atoms with Gasteiger partial charge >= 0.3 is 0 Å². The molecule has 0 unspecified atom stereocenters. The van der Waals surface area contributed by atoms with Gasteiger partial charge < -0.3 is 14.8 Å². The van der Waals surface area contributed by atoms with Gasteiger partial charge in [-0.15, -0.1) is 0 Å². The van der Waals surface area contributed by atoms with Gasteiger partial charge in [-0.1, -0.05) is 13.3 Å². The second kappa shape index (κ2) is 8.15. The van der Waals surface area contributed by atoms with E-state index >= 15 is 0 Å². The van der Waals surface area contributed by atoms with Gasteiger partial charge in [0.05, 0.1) is 26.0 Å². The Morgan fingerprint density at radius 3 is 2.72 bits per heavy atom. The number of nitrogens with one attached hydrogen (secondary N) is 1. The van der Waals surface area contributed by atoms with E-state index in [1.54, 1.807) is 6.20 Å². The van der Waals surface area contributed by atoms with Crippen LogP contribution in [-0.4, -0.2) is 48.7 Å². The Morgan fingerprint density at radius 1 is 1.36 bits per heavy atom. The molecular formula is C19H29N3O3. The lowest BCUT2D eigenvalue weighted by molar-refractivity contribution is -0.130. The molecule has 0 radical (unpaired) electrons. The van der Waals surface area contributed by atoms with Crippen LogP contribution in [0.1, 0.15) is 45.1 Å². The van der Waals surface area contributed by atoms with Gasteiger partial charge in [-0.25, -0.2) is 4.98 Å². The van der Waals surface area contributed by atoms with Gasteiger partial charge in [0.25, 0.3) is 0 Å². The zero-order chi connectivity index (χ0) is 17.7. The summed E-state index contributed by atoms with van der Waals surface area (Å²) in [6.45, 7) is 8.79. The molecule has 25 heavy (non-hydrogen) atoms. The maximum atomic E-state index is 12.7. The number of nitrogens with zero attached hydrogens (tertiary/aromatic N) is 2. The van der Waals surface area contributed by atoms with Crippen LogP contribution < -0.4 is 10.1 Å². The Hall–Kier alpha value is -1.66. The summed E-state index contributed by atoms with van der Waals surface area (Å²) < 4.78 is 11.1. The number of pyridine rings is 1. The molecule has 6 nitrogen and oxygen atoms in total. The van der Waals surface area contributed by atoms with Gasteiger partial charge in [-0.3, -0.25) is 9.69 Å². The normalized spacial score (nSPS) is 19.9. The molecule has 1 aromatic rings. The van der Waals surface area contributed by atoms with Crippen molar-refractivity contribution >= 4 is 11.7 Å². The number of hydrogen-bond donors (Lipinski definition) is 1. The first kappa shape index (κ1) is 18.1. The molecule has 138 valence electrons. The van der Waals surface area contributed by atoms with Crippen LogP contribution in [0, 0.1) is 5.41 Å². The highest BCUT2D eigenvalue weighted by Gasteiger charge is 2.42. The van der Waals surface area contributed by atoms with Crippen molar-refractivity contribution in [3.63, 3.8) is 0 Å². The highest BCUT2D eigenvalue weighted by Crippen LogP contribution is 2.44. The van der Waals surface area contributed by atoms with Crippen LogP contribution in [0.2, 0.25) is 0 Å². The standard InChI is InChI=1S/C19H29N3O3/c1-3-19(6-5-7-19)18(23)21-17-12-15(16(13-20-17)25-4-2)14-22-8-10-24-11-9-22/h12-13H,3-11,14H2,1-2H3,(H,20,21,23). The minimum absolute atomic E-state index is 0.107. The number of ether oxygens (including phenoxy) is 2. The molecule has 1 aliphatic carbocycles. The van der Waals surface area contributed by atoms with Gasteiger partial charge in [0.15, 0.2) is 0 Å². The number of carbonyl (C=O) groups is 1. The Balaban J connectivity index is 1.73. The van der Waals surface area contributed by atoms with Crippen LogP contribution in [0.3, 0.4) is 0 Å². The van der Waals surface area contributed by atoms with E-state index in [1.165, 1.54) is 0 Å². The molecule has 0 aromatic carbocycles. The van der Waals surface area contributed by atoms with Gasteiger partial charge in [0.1, 0.15) is 11.6 Å². The molecule has 1 aromatic heterocycles. The van der Waals surface area contributed by atoms with Crippen molar-refractivity contribution in [3.05, 3.63) is 17.8 Å². The number of morpholine rings is 1. The second-order valence-corrected chi connectivity index (χ2v) is 6.94. The smallest absolute Gasteiger partial charge is 0.231 e. The van der Waals surface area contributed by atoms with Crippen LogP contribution in [0.25, 0.3) is 0 Å². The third-order valence-electron chi connectivity index (χ3n) is 5.46. The molecule has 2 heterocycles. The van der Waals surface area contributed by atoms with Crippen LogP contribution in [0.5, 0.6) is 5.75 Å². The van der Waals surface area contributed by atoms with Crippen LogP contribution in [0.4, 0.5) is 5.82 Å². The number of carbonyl (C=O) groups excluding carboxylic acids is 1. The monoisotopic (exact) mass is 347 g/mol. The van der Waals surface area contributed by atoms with Gasteiger partial charge in [-0.2, -0.15) is 0 Å². The SMILES string of the molecule is CCOc1cnc(NC(=O)C2(CC)CCC2)cc1CN1CCOCC1. The lowest BCUT2D eigenvalue weighted by atomic mass is 9.66. The molecule has 0 atom stereocenters. The molecule has 3 rings (SSSR count). The minimum Gasteiger partial charge on any atom is -0.492 e. The summed E-state index contributed by atoms with van der Waals surface area (Å²) in [5, 5.41) is 3.03. The van der Waals surface area contributed by atoms with Gasteiger partial charge in [-0.05, 0) is 32.3 Å². The first-order valence-corrected chi connectivity index (χ1v) is 9.40. The van der Waals surface area contributed by atoms with E-state index in [4.69, 9.17) is 9.47 Å². The molecule has 0 bridgehead atoms. The predicted molar refractivity (Wildman–Crippen MR) is 96.7 cm³/mol. The number of rotatable bonds is 7. The zero-order valence-electron chi connectivity index (χ0n) is 15.3. The first-order valence-electron chi connectivity index (χ1n) is 9.40. The largest absolute Gasteiger partial charge is 0.492 e. The van der Waals surface area contributed by atoms with E-state index in [1.807, 2.05) is 13.0 Å². The second-order valence-electron chi connectivity index (χ2n) is 6.94. The van der Waals surface area contributed by atoms with Gasteiger partial charge in [0.2, 0.25) is 5.91 Å². The number of hydrogen-bond acceptors (Lipinski definition) is 5. The fraction of sp³-hybridized carbons (Fsp3) is 0.684. The van der Waals surface area contributed by atoms with Crippen LogP contribution >= 0.6 is 0 Å². The molecule has 6 heteroatoms. The van der Waals surface area contributed by atoms with Crippen molar-refractivity contribution in [2.75, 3.05) is 38.2 Å². The molecule has 1 saturated carbocycles. The summed E-state index contributed by atoms with van der Waals surface area (Å²) in [5.74, 6) is 1.52. The van der Waals surface area contributed by atoms with E-state index in [0.29, 0.717) is 12.4 Å². The highest BCUT2D eigenvalue weighted by molar-refractivity contribution is 5.95. The quantitative estimate of drug-likeness (QED) is 0.822. The number of anilines is 1. The van der Waals surface area contributed by atoms with E-state index in [2.05, 4.69) is 22.1 Å². The molecule has 1 aliphatic heterocycles. The Labute approximate surface area is 149 Å². The summed E-state index contributed by atoms with van der Waals surface area (Å²) in [6, 6.07) is 1.96. The molecule has 1 N–H and O–H groups in total.